The Balaban J connectivity index is 2.60. The van der Waals surface area contributed by atoms with E-state index in [4.69, 9.17) is 0 Å². The summed E-state index contributed by atoms with van der Waals surface area (Å²) >= 11 is 0. The van der Waals surface area contributed by atoms with E-state index >= 15 is 0 Å². The average molecular weight is 314 g/mol. The summed E-state index contributed by atoms with van der Waals surface area (Å²) in [5.74, 6) is 0. The number of nitrogens with zero attached hydrogens (tertiary/aromatic N) is 1. The second kappa shape index (κ2) is 7.89. The molecular weight excluding hydrogens is 288 g/mol. The molecule has 0 saturated carbocycles. The minimum absolute atomic E-state index is 0.193. The van der Waals surface area contributed by atoms with E-state index < -0.39 is 16.1 Å². The number of sulfonamides is 1. The molecule has 0 amide bonds. The van der Waals surface area contributed by atoms with Gasteiger partial charge in [-0.15, -0.1) is 0 Å². The van der Waals surface area contributed by atoms with Crippen molar-refractivity contribution in [2.45, 2.75) is 44.2 Å². The van der Waals surface area contributed by atoms with Crippen molar-refractivity contribution in [3.05, 3.63) is 29.8 Å². The molecule has 1 aromatic carbocycles. The van der Waals surface area contributed by atoms with Gasteiger partial charge in [-0.05, 0) is 58.5 Å². The summed E-state index contributed by atoms with van der Waals surface area (Å²) in [6.45, 7) is 7.06. The third-order valence-electron chi connectivity index (χ3n) is 3.51. The van der Waals surface area contributed by atoms with Gasteiger partial charge in [-0.1, -0.05) is 12.1 Å². The first kappa shape index (κ1) is 18.1. The average Bonchev–Trinajstić information content (AvgIpc) is 2.43. The smallest absolute Gasteiger partial charge is 0.240 e. The van der Waals surface area contributed by atoms with Crippen LogP contribution in [-0.2, 0) is 10.0 Å². The lowest BCUT2D eigenvalue weighted by atomic mass is 10.1. The zero-order chi connectivity index (χ0) is 16.0. The monoisotopic (exact) mass is 314 g/mol. The van der Waals surface area contributed by atoms with Gasteiger partial charge in [-0.3, -0.25) is 0 Å². The van der Waals surface area contributed by atoms with Crippen molar-refractivity contribution in [2.75, 3.05) is 20.1 Å². The van der Waals surface area contributed by atoms with E-state index in [9.17, 15) is 13.5 Å². The Labute approximate surface area is 128 Å². The molecule has 0 bridgehead atoms. The zero-order valence-electron chi connectivity index (χ0n) is 13.2. The number of nitrogens with one attached hydrogen (secondary N) is 1. The van der Waals surface area contributed by atoms with E-state index in [-0.39, 0.29) is 4.90 Å². The van der Waals surface area contributed by atoms with Gasteiger partial charge in [0.2, 0.25) is 10.0 Å². The van der Waals surface area contributed by atoms with E-state index in [1.54, 1.807) is 19.1 Å². The molecule has 1 unspecified atom stereocenters. The molecule has 6 heteroatoms. The largest absolute Gasteiger partial charge is 0.389 e. The lowest BCUT2D eigenvalue weighted by molar-refractivity contribution is 0.199. The second-order valence-electron chi connectivity index (χ2n) is 5.57. The minimum Gasteiger partial charge on any atom is -0.389 e. The SMILES string of the molecule is CC(O)c1cccc(S(=O)(=O)NCCCN(C)C(C)C)c1. The quantitative estimate of drug-likeness (QED) is 0.717. The lowest BCUT2D eigenvalue weighted by Crippen LogP contribution is -2.31. The first-order chi connectivity index (χ1) is 9.74. The van der Waals surface area contributed by atoms with Crippen LogP contribution in [0.2, 0.25) is 0 Å². The summed E-state index contributed by atoms with van der Waals surface area (Å²) in [4.78, 5) is 2.36. The maximum Gasteiger partial charge on any atom is 0.240 e. The van der Waals surface area contributed by atoms with E-state index in [1.807, 2.05) is 7.05 Å². The molecule has 0 aliphatic rings. The van der Waals surface area contributed by atoms with Crippen LogP contribution in [0.15, 0.2) is 29.2 Å². The first-order valence-corrected chi connectivity index (χ1v) is 8.70. The van der Waals surface area contributed by atoms with Crippen molar-refractivity contribution in [3.63, 3.8) is 0 Å². The lowest BCUT2D eigenvalue weighted by Gasteiger charge is -2.20. The summed E-state index contributed by atoms with van der Waals surface area (Å²) in [7, 11) is -1.49. The highest BCUT2D eigenvalue weighted by Crippen LogP contribution is 2.17. The molecule has 2 N–H and O–H groups in total. The van der Waals surface area contributed by atoms with Crippen molar-refractivity contribution >= 4 is 10.0 Å². The Morgan fingerprint density at radius 2 is 1.95 bits per heavy atom. The van der Waals surface area contributed by atoms with Gasteiger partial charge in [0.25, 0.3) is 0 Å². The van der Waals surface area contributed by atoms with Crippen LogP contribution >= 0.6 is 0 Å². The summed E-state index contributed by atoms with van der Waals surface area (Å²) in [6.07, 6.45) is 0.0733. The van der Waals surface area contributed by atoms with Crippen LogP contribution in [0, 0.1) is 0 Å². The van der Waals surface area contributed by atoms with Crippen LogP contribution in [-0.4, -0.2) is 44.6 Å². The molecule has 0 aliphatic carbocycles. The van der Waals surface area contributed by atoms with Gasteiger partial charge in [0.1, 0.15) is 0 Å². The third-order valence-corrected chi connectivity index (χ3v) is 4.97. The van der Waals surface area contributed by atoms with Crippen molar-refractivity contribution in [3.8, 4) is 0 Å². The fourth-order valence-electron chi connectivity index (χ4n) is 1.82. The summed E-state index contributed by atoms with van der Waals surface area (Å²) in [5, 5.41) is 9.52. The second-order valence-corrected chi connectivity index (χ2v) is 7.34. The molecule has 5 nitrogen and oxygen atoms in total. The van der Waals surface area contributed by atoms with Crippen molar-refractivity contribution in [1.82, 2.24) is 9.62 Å². The Morgan fingerprint density at radius 1 is 1.29 bits per heavy atom. The topological polar surface area (TPSA) is 69.6 Å². The molecule has 0 aliphatic heterocycles. The normalized spacial score (nSPS) is 13.9. The van der Waals surface area contributed by atoms with Gasteiger partial charge in [0.15, 0.2) is 0 Å². The number of aliphatic hydroxyl groups is 1. The molecule has 0 saturated heterocycles. The fraction of sp³-hybridized carbons (Fsp3) is 0.600. The van der Waals surface area contributed by atoms with Gasteiger partial charge in [0, 0.05) is 12.6 Å². The fourth-order valence-corrected chi connectivity index (χ4v) is 2.95. The third kappa shape index (κ3) is 5.74. The maximum atomic E-state index is 12.2. The highest BCUT2D eigenvalue weighted by molar-refractivity contribution is 7.89. The van der Waals surface area contributed by atoms with Crippen LogP contribution in [0.1, 0.15) is 38.9 Å². The van der Waals surface area contributed by atoms with Crippen molar-refractivity contribution in [1.29, 1.82) is 0 Å². The number of hydrogen-bond acceptors (Lipinski definition) is 4. The molecule has 0 aromatic heterocycles. The predicted octanol–water partition coefficient (Wildman–Crippen LogP) is 1.75. The Kier molecular flexibility index (Phi) is 6.80. The van der Waals surface area contributed by atoms with Gasteiger partial charge >= 0.3 is 0 Å². The van der Waals surface area contributed by atoms with Crippen LogP contribution in [0.3, 0.4) is 0 Å². The van der Waals surface area contributed by atoms with Crippen LogP contribution in [0.5, 0.6) is 0 Å². The van der Waals surface area contributed by atoms with Gasteiger partial charge in [-0.25, -0.2) is 13.1 Å². The van der Waals surface area contributed by atoms with Crippen LogP contribution < -0.4 is 4.72 Å². The first-order valence-electron chi connectivity index (χ1n) is 7.22. The zero-order valence-corrected chi connectivity index (χ0v) is 14.0. The molecule has 0 fully saturated rings. The molecule has 0 spiro atoms. The Bertz CT molecular complexity index is 542. The number of rotatable bonds is 8. The van der Waals surface area contributed by atoms with Crippen molar-refractivity contribution in [2.24, 2.45) is 0 Å². The highest BCUT2D eigenvalue weighted by Gasteiger charge is 2.15. The summed E-state index contributed by atoms with van der Waals surface area (Å²) in [6, 6.07) is 6.84. The van der Waals surface area contributed by atoms with Crippen LogP contribution in [0.4, 0.5) is 0 Å². The maximum absolute atomic E-state index is 12.2. The number of aliphatic hydroxyl groups excluding tert-OH is 1. The molecule has 0 heterocycles. The summed E-state index contributed by atoms with van der Waals surface area (Å²) in [5.41, 5.74) is 0.595. The minimum atomic E-state index is -3.51. The van der Waals surface area contributed by atoms with Gasteiger partial charge in [-0.2, -0.15) is 0 Å². The molecule has 21 heavy (non-hydrogen) atoms. The Morgan fingerprint density at radius 3 is 2.52 bits per heavy atom. The molecule has 0 radical (unpaired) electrons. The molecule has 120 valence electrons. The molecule has 1 rings (SSSR count). The Hall–Kier alpha value is -0.950. The molecule has 1 atom stereocenters. The van der Waals surface area contributed by atoms with Gasteiger partial charge < -0.3 is 10.0 Å². The molecule has 1 aromatic rings. The van der Waals surface area contributed by atoms with E-state index in [0.717, 1.165) is 13.0 Å². The predicted molar refractivity (Wildman–Crippen MR) is 84.6 cm³/mol. The highest BCUT2D eigenvalue weighted by atomic mass is 32.2. The molecular formula is C15H26N2O3S. The number of hydrogen-bond donors (Lipinski definition) is 2. The van der Waals surface area contributed by atoms with E-state index in [2.05, 4.69) is 23.5 Å². The van der Waals surface area contributed by atoms with Crippen molar-refractivity contribution < 1.29 is 13.5 Å². The standard InChI is InChI=1S/C15H26N2O3S/c1-12(2)17(4)10-6-9-16-21(19,20)15-8-5-7-14(11-15)13(3)18/h5,7-8,11-13,16,18H,6,9-10H2,1-4H3. The van der Waals surface area contributed by atoms with E-state index in [0.29, 0.717) is 18.2 Å². The number of benzene rings is 1. The summed E-state index contributed by atoms with van der Waals surface area (Å²) < 4.78 is 27.0. The van der Waals surface area contributed by atoms with E-state index in [1.165, 1.54) is 12.1 Å². The van der Waals surface area contributed by atoms with Crippen LogP contribution in [0.25, 0.3) is 0 Å². The van der Waals surface area contributed by atoms with Gasteiger partial charge in [0.05, 0.1) is 11.0 Å².